The van der Waals surface area contributed by atoms with Crippen molar-refractivity contribution in [1.82, 2.24) is 0 Å². The SMILES string of the molecule is COCCOC(Cc1ccc(O)cc1)C(=O)O. The molecule has 5 nitrogen and oxygen atoms in total. The molecule has 0 radical (unpaired) electrons. The summed E-state index contributed by atoms with van der Waals surface area (Å²) in [5.41, 5.74) is 0.799. The largest absolute Gasteiger partial charge is 0.508 e. The Labute approximate surface area is 99.6 Å². The zero-order valence-corrected chi connectivity index (χ0v) is 9.63. The number of aromatic hydroxyl groups is 1. The van der Waals surface area contributed by atoms with Crippen molar-refractivity contribution in [3.8, 4) is 5.75 Å². The Morgan fingerprint density at radius 3 is 2.47 bits per heavy atom. The number of aliphatic carboxylic acids is 1. The minimum atomic E-state index is -1.01. The van der Waals surface area contributed by atoms with Gasteiger partial charge in [0.1, 0.15) is 5.75 Å². The number of phenols is 1. The Morgan fingerprint density at radius 2 is 1.94 bits per heavy atom. The van der Waals surface area contributed by atoms with Gasteiger partial charge in [-0.1, -0.05) is 12.1 Å². The number of ether oxygens (including phenoxy) is 2. The number of hydrogen-bond acceptors (Lipinski definition) is 4. The minimum Gasteiger partial charge on any atom is -0.508 e. The molecule has 0 heterocycles. The Balaban J connectivity index is 2.54. The Kier molecular flexibility index (Phi) is 5.45. The third-order valence-corrected chi connectivity index (χ3v) is 2.24. The molecule has 0 aliphatic carbocycles. The first-order chi connectivity index (χ1) is 8.13. The second-order valence-corrected chi connectivity index (χ2v) is 3.56. The van der Waals surface area contributed by atoms with E-state index in [2.05, 4.69) is 0 Å². The van der Waals surface area contributed by atoms with Crippen molar-refractivity contribution in [3.63, 3.8) is 0 Å². The van der Waals surface area contributed by atoms with Gasteiger partial charge in [0.15, 0.2) is 6.10 Å². The van der Waals surface area contributed by atoms with Crippen molar-refractivity contribution in [2.75, 3.05) is 20.3 Å². The van der Waals surface area contributed by atoms with Crippen LogP contribution < -0.4 is 0 Å². The highest BCUT2D eigenvalue weighted by atomic mass is 16.5. The summed E-state index contributed by atoms with van der Waals surface area (Å²) in [6.07, 6.45) is -0.631. The van der Waals surface area contributed by atoms with Crippen molar-refractivity contribution in [1.29, 1.82) is 0 Å². The van der Waals surface area contributed by atoms with Gasteiger partial charge in [-0.25, -0.2) is 4.79 Å². The first-order valence-corrected chi connectivity index (χ1v) is 5.24. The lowest BCUT2D eigenvalue weighted by Gasteiger charge is -2.13. The summed E-state index contributed by atoms with van der Waals surface area (Å²) in [5, 5.41) is 18.1. The van der Waals surface area contributed by atoms with Crippen LogP contribution in [-0.4, -0.2) is 42.6 Å². The summed E-state index contributed by atoms with van der Waals surface area (Å²) in [5.74, 6) is -0.852. The number of benzene rings is 1. The number of carbonyl (C=O) groups is 1. The molecule has 1 aromatic carbocycles. The smallest absolute Gasteiger partial charge is 0.333 e. The lowest BCUT2D eigenvalue weighted by molar-refractivity contribution is -0.151. The van der Waals surface area contributed by atoms with Gasteiger partial charge >= 0.3 is 5.97 Å². The van der Waals surface area contributed by atoms with E-state index >= 15 is 0 Å². The van der Waals surface area contributed by atoms with Crippen LogP contribution in [0, 0.1) is 0 Å². The van der Waals surface area contributed by atoms with Crippen LogP contribution in [0.5, 0.6) is 5.75 Å². The van der Waals surface area contributed by atoms with Gasteiger partial charge in [0.05, 0.1) is 13.2 Å². The van der Waals surface area contributed by atoms with Gasteiger partial charge in [0.2, 0.25) is 0 Å². The third kappa shape index (κ3) is 4.84. The second-order valence-electron chi connectivity index (χ2n) is 3.56. The zero-order valence-electron chi connectivity index (χ0n) is 9.63. The van der Waals surface area contributed by atoms with Crippen LogP contribution in [0.3, 0.4) is 0 Å². The molecule has 1 aromatic rings. The van der Waals surface area contributed by atoms with E-state index in [1.165, 1.54) is 19.2 Å². The van der Waals surface area contributed by atoms with Gasteiger partial charge < -0.3 is 19.7 Å². The summed E-state index contributed by atoms with van der Waals surface area (Å²) in [6.45, 7) is 0.602. The Hall–Kier alpha value is -1.59. The molecular weight excluding hydrogens is 224 g/mol. The van der Waals surface area contributed by atoms with Crippen LogP contribution in [-0.2, 0) is 20.7 Å². The van der Waals surface area contributed by atoms with Crippen molar-refractivity contribution in [2.45, 2.75) is 12.5 Å². The highest BCUT2D eigenvalue weighted by Gasteiger charge is 2.18. The molecule has 0 amide bonds. The summed E-state index contributed by atoms with van der Waals surface area (Å²) in [6, 6.07) is 6.38. The number of carboxylic acids is 1. The molecule has 1 unspecified atom stereocenters. The summed E-state index contributed by atoms with van der Waals surface area (Å²) in [4.78, 5) is 10.9. The van der Waals surface area contributed by atoms with Crippen LogP contribution in [0.1, 0.15) is 5.56 Å². The zero-order chi connectivity index (χ0) is 12.7. The van der Waals surface area contributed by atoms with E-state index in [0.717, 1.165) is 5.56 Å². The monoisotopic (exact) mass is 240 g/mol. The van der Waals surface area contributed by atoms with Crippen LogP contribution in [0.2, 0.25) is 0 Å². The van der Waals surface area contributed by atoms with Crippen LogP contribution in [0.25, 0.3) is 0 Å². The summed E-state index contributed by atoms with van der Waals surface area (Å²) in [7, 11) is 1.53. The van der Waals surface area contributed by atoms with Gasteiger partial charge in [-0.2, -0.15) is 0 Å². The molecular formula is C12H16O5. The standard InChI is InChI=1S/C12H16O5/c1-16-6-7-17-11(12(14)15)8-9-2-4-10(13)5-3-9/h2-5,11,13H,6-8H2,1H3,(H,14,15). The second kappa shape index (κ2) is 6.88. The van der Waals surface area contributed by atoms with E-state index in [9.17, 15) is 4.79 Å². The fourth-order valence-corrected chi connectivity index (χ4v) is 1.34. The van der Waals surface area contributed by atoms with Crippen LogP contribution in [0.4, 0.5) is 0 Å². The maximum Gasteiger partial charge on any atom is 0.333 e. The quantitative estimate of drug-likeness (QED) is 0.697. The molecule has 0 spiro atoms. The van der Waals surface area contributed by atoms with Crippen molar-refractivity contribution in [2.24, 2.45) is 0 Å². The van der Waals surface area contributed by atoms with E-state index in [0.29, 0.717) is 6.61 Å². The molecule has 0 aromatic heterocycles. The summed E-state index contributed by atoms with van der Waals surface area (Å²) >= 11 is 0. The first kappa shape index (κ1) is 13.5. The lowest BCUT2D eigenvalue weighted by Crippen LogP contribution is -2.27. The average molecular weight is 240 g/mol. The average Bonchev–Trinajstić information content (AvgIpc) is 2.30. The van der Waals surface area contributed by atoms with Gasteiger partial charge in [0.25, 0.3) is 0 Å². The van der Waals surface area contributed by atoms with Crippen molar-refractivity contribution >= 4 is 5.97 Å². The molecule has 1 rings (SSSR count). The molecule has 5 heteroatoms. The van der Waals surface area contributed by atoms with Gasteiger partial charge in [-0.05, 0) is 17.7 Å². The number of hydrogen-bond donors (Lipinski definition) is 2. The molecule has 0 aliphatic heterocycles. The van der Waals surface area contributed by atoms with Gasteiger partial charge in [0, 0.05) is 13.5 Å². The van der Waals surface area contributed by atoms with Crippen molar-refractivity contribution < 1.29 is 24.5 Å². The third-order valence-electron chi connectivity index (χ3n) is 2.24. The van der Waals surface area contributed by atoms with E-state index in [1.54, 1.807) is 12.1 Å². The van der Waals surface area contributed by atoms with E-state index in [1.807, 2.05) is 0 Å². The molecule has 0 saturated carbocycles. The molecule has 17 heavy (non-hydrogen) atoms. The van der Waals surface area contributed by atoms with Crippen LogP contribution >= 0.6 is 0 Å². The number of phenolic OH excluding ortho intramolecular Hbond substituents is 1. The number of carboxylic acid groups (broad SMARTS) is 1. The predicted octanol–water partition coefficient (Wildman–Crippen LogP) is 1.05. The highest BCUT2D eigenvalue weighted by molar-refractivity contribution is 5.72. The molecule has 0 fully saturated rings. The molecule has 0 saturated heterocycles. The topological polar surface area (TPSA) is 76.0 Å². The highest BCUT2D eigenvalue weighted by Crippen LogP contribution is 2.12. The van der Waals surface area contributed by atoms with Gasteiger partial charge in [-0.15, -0.1) is 0 Å². The summed E-state index contributed by atoms with van der Waals surface area (Å²) < 4.78 is 9.98. The first-order valence-electron chi connectivity index (χ1n) is 5.24. The number of rotatable bonds is 7. The van der Waals surface area contributed by atoms with Crippen LogP contribution in [0.15, 0.2) is 24.3 Å². The molecule has 1 atom stereocenters. The molecule has 2 N–H and O–H groups in total. The Bertz CT molecular complexity index is 346. The maximum absolute atomic E-state index is 10.9. The minimum absolute atomic E-state index is 0.154. The van der Waals surface area contributed by atoms with E-state index < -0.39 is 12.1 Å². The van der Waals surface area contributed by atoms with E-state index in [4.69, 9.17) is 19.7 Å². The normalized spacial score (nSPS) is 12.3. The van der Waals surface area contributed by atoms with Crippen molar-refractivity contribution in [3.05, 3.63) is 29.8 Å². The molecule has 94 valence electrons. The van der Waals surface area contributed by atoms with E-state index in [-0.39, 0.29) is 18.8 Å². The number of methoxy groups -OCH3 is 1. The fourth-order valence-electron chi connectivity index (χ4n) is 1.34. The Morgan fingerprint density at radius 1 is 1.29 bits per heavy atom. The molecule has 0 bridgehead atoms. The maximum atomic E-state index is 10.9. The predicted molar refractivity (Wildman–Crippen MR) is 61.1 cm³/mol. The lowest BCUT2D eigenvalue weighted by atomic mass is 10.1. The van der Waals surface area contributed by atoms with Gasteiger partial charge in [-0.3, -0.25) is 0 Å². The fraction of sp³-hybridized carbons (Fsp3) is 0.417. The molecule has 0 aliphatic rings.